The number of amides is 1. The molecule has 160 valence electrons. The molecule has 4 rings (SSSR count). The zero-order valence-corrected chi connectivity index (χ0v) is 17.9. The lowest BCUT2D eigenvalue weighted by atomic mass is 10.1. The fraction of sp³-hybridized carbons (Fsp3) is 0.435. The molecule has 0 bridgehead atoms. The molecule has 2 aromatic rings. The third-order valence-corrected chi connectivity index (χ3v) is 5.72. The van der Waals surface area contributed by atoms with Crippen LogP contribution >= 0.6 is 11.6 Å². The van der Waals surface area contributed by atoms with Crippen LogP contribution in [0.15, 0.2) is 36.4 Å². The minimum atomic E-state index is 0.0621. The fourth-order valence-electron chi connectivity index (χ4n) is 3.93. The van der Waals surface area contributed by atoms with Crippen molar-refractivity contribution in [1.29, 1.82) is 0 Å². The van der Waals surface area contributed by atoms with Crippen molar-refractivity contribution in [2.45, 2.75) is 31.7 Å². The van der Waals surface area contributed by atoms with Gasteiger partial charge in [-0.25, -0.2) is 0 Å². The number of aryl methyl sites for hydroxylation is 1. The topological polar surface area (TPSA) is 60.0 Å². The number of anilines is 1. The van der Waals surface area contributed by atoms with E-state index in [2.05, 4.69) is 10.2 Å². The van der Waals surface area contributed by atoms with E-state index < -0.39 is 0 Å². The summed E-state index contributed by atoms with van der Waals surface area (Å²) in [5, 5.41) is 3.84. The third-order valence-electron chi connectivity index (χ3n) is 5.49. The molecule has 0 aromatic heterocycles. The highest BCUT2D eigenvalue weighted by Gasteiger charge is 2.26. The number of nitrogens with one attached hydrogen (secondary N) is 1. The van der Waals surface area contributed by atoms with Crippen molar-refractivity contribution in [3.05, 3.63) is 47.0 Å². The lowest BCUT2D eigenvalue weighted by molar-refractivity contribution is -0.121. The van der Waals surface area contributed by atoms with Crippen LogP contribution < -0.4 is 24.4 Å². The molecule has 1 atom stereocenters. The molecule has 0 radical (unpaired) electrons. The maximum atomic E-state index is 12.5. The maximum Gasteiger partial charge on any atom is 0.220 e. The van der Waals surface area contributed by atoms with E-state index in [1.54, 1.807) is 7.11 Å². The normalized spacial score (nSPS) is 18.1. The summed E-state index contributed by atoms with van der Waals surface area (Å²) in [4.78, 5) is 14.7. The average Bonchev–Trinajstić information content (AvgIpc) is 3.08. The minimum absolute atomic E-state index is 0.0621. The van der Waals surface area contributed by atoms with Crippen LogP contribution in [0.1, 0.15) is 24.8 Å². The predicted molar refractivity (Wildman–Crippen MR) is 117 cm³/mol. The molecule has 6 nitrogen and oxygen atoms in total. The van der Waals surface area contributed by atoms with E-state index in [1.165, 1.54) is 0 Å². The molecule has 2 aliphatic heterocycles. The summed E-state index contributed by atoms with van der Waals surface area (Å²) in [5.41, 5.74) is 2.04. The molecule has 1 amide bonds. The summed E-state index contributed by atoms with van der Waals surface area (Å²) in [7, 11) is 1.65. The highest BCUT2D eigenvalue weighted by molar-refractivity contribution is 6.30. The van der Waals surface area contributed by atoms with Gasteiger partial charge >= 0.3 is 0 Å². The Balaban J connectivity index is 1.29. The smallest absolute Gasteiger partial charge is 0.220 e. The van der Waals surface area contributed by atoms with Gasteiger partial charge in [-0.3, -0.25) is 4.79 Å². The van der Waals surface area contributed by atoms with E-state index in [1.807, 2.05) is 36.4 Å². The van der Waals surface area contributed by atoms with Crippen molar-refractivity contribution in [3.63, 3.8) is 0 Å². The van der Waals surface area contributed by atoms with Gasteiger partial charge in [-0.15, -0.1) is 0 Å². The Kier molecular flexibility index (Phi) is 6.53. The van der Waals surface area contributed by atoms with Gasteiger partial charge in [0.15, 0.2) is 11.5 Å². The first-order valence-corrected chi connectivity index (χ1v) is 10.8. The van der Waals surface area contributed by atoms with Crippen molar-refractivity contribution < 1.29 is 19.0 Å². The molecule has 1 fully saturated rings. The van der Waals surface area contributed by atoms with E-state index in [4.69, 9.17) is 25.8 Å². The second kappa shape index (κ2) is 9.47. The summed E-state index contributed by atoms with van der Waals surface area (Å²) >= 11 is 6.16. The van der Waals surface area contributed by atoms with Crippen molar-refractivity contribution >= 4 is 23.2 Å². The van der Waals surface area contributed by atoms with Crippen molar-refractivity contribution in [1.82, 2.24) is 5.32 Å². The van der Waals surface area contributed by atoms with Gasteiger partial charge in [-0.05, 0) is 48.7 Å². The van der Waals surface area contributed by atoms with Gasteiger partial charge in [0.25, 0.3) is 0 Å². The zero-order chi connectivity index (χ0) is 20.9. The highest BCUT2D eigenvalue weighted by atomic mass is 35.5. The monoisotopic (exact) mass is 430 g/mol. The number of halogens is 1. The van der Waals surface area contributed by atoms with E-state index in [-0.39, 0.29) is 11.9 Å². The fourth-order valence-corrected chi connectivity index (χ4v) is 4.09. The van der Waals surface area contributed by atoms with Crippen LogP contribution in [-0.4, -0.2) is 45.4 Å². The van der Waals surface area contributed by atoms with E-state index in [0.717, 1.165) is 54.4 Å². The molecule has 1 N–H and O–H groups in total. The third kappa shape index (κ3) is 4.93. The summed E-state index contributed by atoms with van der Waals surface area (Å²) in [5.74, 6) is 2.41. The average molecular weight is 431 g/mol. The van der Waals surface area contributed by atoms with E-state index in [9.17, 15) is 4.79 Å². The van der Waals surface area contributed by atoms with Crippen LogP contribution in [0.25, 0.3) is 0 Å². The van der Waals surface area contributed by atoms with Gasteiger partial charge in [0.2, 0.25) is 5.91 Å². The first-order chi connectivity index (χ1) is 14.6. The molecule has 30 heavy (non-hydrogen) atoms. The van der Waals surface area contributed by atoms with Gasteiger partial charge in [0.1, 0.15) is 5.75 Å². The number of rotatable bonds is 6. The quantitative estimate of drug-likeness (QED) is 0.754. The molecule has 0 spiro atoms. The summed E-state index contributed by atoms with van der Waals surface area (Å²) in [6, 6.07) is 11.6. The second-order valence-corrected chi connectivity index (χ2v) is 8.08. The molecule has 1 saturated heterocycles. The molecular weight excluding hydrogens is 404 g/mol. The van der Waals surface area contributed by atoms with Gasteiger partial charge in [0, 0.05) is 37.0 Å². The molecule has 1 unspecified atom stereocenters. The minimum Gasteiger partial charge on any atom is -0.495 e. The van der Waals surface area contributed by atoms with Crippen molar-refractivity contribution in [3.8, 4) is 17.2 Å². The molecule has 2 heterocycles. The Hall–Kier alpha value is -2.60. The van der Waals surface area contributed by atoms with E-state index >= 15 is 0 Å². The number of benzene rings is 2. The van der Waals surface area contributed by atoms with Gasteiger partial charge in [0.05, 0.1) is 26.0 Å². The molecule has 2 aliphatic rings. The number of ether oxygens (including phenoxy) is 3. The van der Waals surface area contributed by atoms with Crippen LogP contribution in [0.5, 0.6) is 17.2 Å². The summed E-state index contributed by atoms with van der Waals surface area (Å²) < 4.78 is 16.9. The van der Waals surface area contributed by atoms with Gasteiger partial charge in [-0.1, -0.05) is 17.7 Å². The predicted octanol–water partition coefficient (Wildman–Crippen LogP) is 3.84. The van der Waals surface area contributed by atoms with E-state index in [0.29, 0.717) is 31.1 Å². The molecular formula is C23H27ClN2O4. The largest absolute Gasteiger partial charge is 0.495 e. The highest BCUT2D eigenvalue weighted by Crippen LogP contribution is 2.33. The molecule has 2 aromatic carbocycles. The maximum absolute atomic E-state index is 12.5. The van der Waals surface area contributed by atoms with Crippen LogP contribution in [0.2, 0.25) is 5.02 Å². The lowest BCUT2D eigenvalue weighted by Crippen LogP contribution is -2.37. The molecule has 7 heteroatoms. The molecule has 0 aliphatic carbocycles. The van der Waals surface area contributed by atoms with Crippen LogP contribution in [-0.2, 0) is 11.2 Å². The number of carbonyl (C=O) groups is 1. The van der Waals surface area contributed by atoms with Crippen LogP contribution in [0, 0.1) is 0 Å². The number of hydrogen-bond acceptors (Lipinski definition) is 5. The first kappa shape index (κ1) is 20.7. The Bertz CT molecular complexity index is 905. The van der Waals surface area contributed by atoms with Gasteiger partial charge in [-0.2, -0.15) is 0 Å². The lowest BCUT2D eigenvalue weighted by Gasteiger charge is -2.21. The van der Waals surface area contributed by atoms with Crippen molar-refractivity contribution in [2.24, 2.45) is 0 Å². The number of fused-ring (bicyclic) bond motifs is 1. The SMILES string of the molecule is COc1ccc(Cl)cc1N1CCC(NC(=O)CCc2ccc3c(c2)OCCCO3)C1. The Morgan fingerprint density at radius 2 is 2.03 bits per heavy atom. The second-order valence-electron chi connectivity index (χ2n) is 7.65. The number of nitrogens with zero attached hydrogens (tertiary/aromatic N) is 1. The summed E-state index contributed by atoms with van der Waals surface area (Å²) in [6.45, 7) is 2.93. The van der Waals surface area contributed by atoms with Gasteiger partial charge < -0.3 is 24.4 Å². The number of hydrogen-bond donors (Lipinski definition) is 1. The first-order valence-electron chi connectivity index (χ1n) is 10.4. The number of carbonyl (C=O) groups excluding carboxylic acids is 1. The summed E-state index contributed by atoms with van der Waals surface area (Å²) in [6.07, 6.45) is 2.88. The Labute approximate surface area is 182 Å². The van der Waals surface area contributed by atoms with Crippen molar-refractivity contribution in [2.75, 3.05) is 38.3 Å². The van der Waals surface area contributed by atoms with Crippen LogP contribution in [0.4, 0.5) is 5.69 Å². The van der Waals surface area contributed by atoms with Crippen LogP contribution in [0.3, 0.4) is 0 Å². The Morgan fingerprint density at radius 1 is 1.20 bits per heavy atom. The zero-order valence-electron chi connectivity index (χ0n) is 17.2. The Morgan fingerprint density at radius 3 is 2.87 bits per heavy atom. The number of methoxy groups -OCH3 is 1. The standard InChI is InChI=1S/C23H27ClN2O4/c1-28-20-7-5-17(24)14-19(20)26-10-9-18(15-26)25-23(27)8-4-16-3-6-21-22(13-16)30-12-2-11-29-21/h3,5-7,13-14,18H,2,4,8-12,15H2,1H3,(H,25,27). The molecule has 0 saturated carbocycles.